The van der Waals surface area contributed by atoms with Crippen LogP contribution in [0.4, 0.5) is 11.8 Å². The molecule has 7 nitrogen and oxygen atoms in total. The molecular weight excluding hydrogens is 314 g/mol. The molecule has 0 bridgehead atoms. The Morgan fingerprint density at radius 1 is 1.16 bits per heavy atom. The van der Waals surface area contributed by atoms with E-state index in [1.54, 1.807) is 6.20 Å². The van der Waals surface area contributed by atoms with Gasteiger partial charge in [0.15, 0.2) is 0 Å². The molecule has 25 heavy (non-hydrogen) atoms. The maximum absolute atomic E-state index is 9.03. The van der Waals surface area contributed by atoms with Gasteiger partial charge in [-0.15, -0.1) is 0 Å². The van der Waals surface area contributed by atoms with Crippen molar-refractivity contribution in [1.82, 2.24) is 20.2 Å². The fraction of sp³-hybridized carbons (Fsp3) is 0.333. The van der Waals surface area contributed by atoms with E-state index in [2.05, 4.69) is 31.6 Å². The van der Waals surface area contributed by atoms with E-state index in [1.165, 1.54) is 0 Å². The molecule has 1 fully saturated rings. The summed E-state index contributed by atoms with van der Waals surface area (Å²) in [4.78, 5) is 8.77. The van der Waals surface area contributed by atoms with Crippen LogP contribution < -0.4 is 11.1 Å². The first-order chi connectivity index (χ1) is 12.2. The van der Waals surface area contributed by atoms with Crippen molar-refractivity contribution < 1.29 is 0 Å². The van der Waals surface area contributed by atoms with Crippen LogP contribution in [0.2, 0.25) is 0 Å². The molecular formula is C18H19N7. The van der Waals surface area contributed by atoms with E-state index >= 15 is 0 Å². The van der Waals surface area contributed by atoms with Crippen LogP contribution in [-0.2, 0) is 0 Å². The third-order valence-electron chi connectivity index (χ3n) is 4.78. The minimum Gasteiger partial charge on any atom is -0.368 e. The number of anilines is 2. The van der Waals surface area contributed by atoms with E-state index in [4.69, 9.17) is 11.0 Å². The third-order valence-corrected chi connectivity index (χ3v) is 4.78. The molecule has 0 aliphatic heterocycles. The predicted octanol–water partition coefficient (Wildman–Crippen LogP) is 3.10. The lowest BCUT2D eigenvalue weighted by Gasteiger charge is -2.26. The van der Waals surface area contributed by atoms with E-state index < -0.39 is 0 Å². The summed E-state index contributed by atoms with van der Waals surface area (Å²) in [5, 5.41) is 20.4. The Morgan fingerprint density at radius 3 is 2.72 bits per heavy atom. The molecule has 4 N–H and O–H groups in total. The van der Waals surface area contributed by atoms with Gasteiger partial charge in [-0.05, 0) is 43.9 Å². The van der Waals surface area contributed by atoms with E-state index in [9.17, 15) is 0 Å². The Balaban J connectivity index is 1.64. The quantitative estimate of drug-likeness (QED) is 0.678. The first-order valence-corrected chi connectivity index (χ1v) is 8.46. The monoisotopic (exact) mass is 333 g/mol. The molecule has 0 amide bonds. The largest absolute Gasteiger partial charge is 0.368 e. The Kier molecular flexibility index (Phi) is 3.94. The summed E-state index contributed by atoms with van der Waals surface area (Å²) in [6.45, 7) is 0. The van der Waals surface area contributed by atoms with Crippen molar-refractivity contribution in [2.45, 2.75) is 31.7 Å². The van der Waals surface area contributed by atoms with Crippen LogP contribution in [0.25, 0.3) is 22.2 Å². The molecule has 0 atom stereocenters. The number of nitrogens with zero attached hydrogens (tertiary/aromatic N) is 4. The Morgan fingerprint density at radius 2 is 2.00 bits per heavy atom. The van der Waals surface area contributed by atoms with Crippen molar-refractivity contribution in [2.75, 3.05) is 11.1 Å². The number of hydrogen-bond acceptors (Lipinski definition) is 6. The van der Waals surface area contributed by atoms with Crippen LogP contribution in [0.1, 0.15) is 25.7 Å². The highest BCUT2D eigenvalue weighted by Crippen LogP contribution is 2.30. The Hall–Kier alpha value is -3.14. The van der Waals surface area contributed by atoms with E-state index in [-0.39, 0.29) is 11.9 Å². The van der Waals surface area contributed by atoms with E-state index in [1.807, 2.05) is 24.3 Å². The smallest absolute Gasteiger partial charge is 0.222 e. The molecule has 126 valence electrons. The van der Waals surface area contributed by atoms with Gasteiger partial charge in [-0.1, -0.05) is 6.07 Å². The van der Waals surface area contributed by atoms with Gasteiger partial charge >= 0.3 is 0 Å². The molecule has 0 spiro atoms. The summed E-state index contributed by atoms with van der Waals surface area (Å²) in [6, 6.07) is 10.6. The molecule has 1 aliphatic rings. The van der Waals surface area contributed by atoms with Gasteiger partial charge in [0.1, 0.15) is 5.82 Å². The van der Waals surface area contributed by atoms with Gasteiger partial charge in [0, 0.05) is 29.1 Å². The van der Waals surface area contributed by atoms with Crippen LogP contribution in [0.3, 0.4) is 0 Å². The summed E-state index contributed by atoms with van der Waals surface area (Å²) in [5.41, 5.74) is 8.65. The molecule has 0 unspecified atom stereocenters. The third kappa shape index (κ3) is 3.11. The molecule has 0 saturated heterocycles. The average Bonchev–Trinajstić information content (AvgIpc) is 3.16. The first kappa shape index (κ1) is 15.4. The Bertz CT molecular complexity index is 918. The highest BCUT2D eigenvalue weighted by molar-refractivity contribution is 5.92. The zero-order chi connectivity index (χ0) is 17.2. The summed E-state index contributed by atoms with van der Waals surface area (Å²) in [7, 11) is 0. The lowest BCUT2D eigenvalue weighted by molar-refractivity contribution is 0.397. The van der Waals surface area contributed by atoms with E-state index in [0.29, 0.717) is 6.04 Å². The molecule has 1 aromatic carbocycles. The molecule has 2 heterocycles. The minimum atomic E-state index is 0.183. The number of nitrogens with two attached hydrogens (primary N) is 1. The molecule has 3 aromatic rings. The normalized spacial score (nSPS) is 20.3. The second kappa shape index (κ2) is 6.40. The van der Waals surface area contributed by atoms with Gasteiger partial charge in [-0.25, -0.2) is 4.98 Å². The van der Waals surface area contributed by atoms with E-state index in [0.717, 1.165) is 53.7 Å². The number of aromatic amines is 1. The number of fused-ring (bicyclic) bond motifs is 1. The highest BCUT2D eigenvalue weighted by Gasteiger charge is 2.21. The fourth-order valence-corrected chi connectivity index (χ4v) is 3.40. The second-order valence-electron chi connectivity index (χ2n) is 6.45. The average molecular weight is 333 g/mol. The summed E-state index contributed by atoms with van der Waals surface area (Å²) < 4.78 is 0. The van der Waals surface area contributed by atoms with Crippen LogP contribution in [-0.4, -0.2) is 26.2 Å². The lowest BCUT2D eigenvalue weighted by Crippen LogP contribution is -2.26. The zero-order valence-corrected chi connectivity index (χ0v) is 13.7. The molecule has 0 radical (unpaired) electrons. The topological polar surface area (TPSA) is 116 Å². The van der Waals surface area contributed by atoms with Crippen molar-refractivity contribution in [3.05, 3.63) is 30.5 Å². The van der Waals surface area contributed by atoms with Crippen molar-refractivity contribution >= 4 is 22.7 Å². The van der Waals surface area contributed by atoms with Crippen LogP contribution >= 0.6 is 0 Å². The van der Waals surface area contributed by atoms with Crippen molar-refractivity contribution in [2.24, 2.45) is 5.92 Å². The molecule has 1 aliphatic carbocycles. The highest BCUT2D eigenvalue weighted by atomic mass is 15.1. The second-order valence-corrected chi connectivity index (χ2v) is 6.45. The maximum atomic E-state index is 9.03. The maximum Gasteiger partial charge on any atom is 0.222 e. The van der Waals surface area contributed by atoms with Gasteiger partial charge in [0.05, 0.1) is 17.3 Å². The number of H-pyrrole nitrogens is 1. The van der Waals surface area contributed by atoms with Crippen molar-refractivity contribution in [1.29, 1.82) is 5.26 Å². The number of nitrogens with one attached hydrogen (secondary N) is 2. The zero-order valence-electron chi connectivity index (χ0n) is 13.7. The molecule has 1 saturated carbocycles. The number of nitriles is 1. The van der Waals surface area contributed by atoms with Crippen molar-refractivity contribution in [3.8, 4) is 17.3 Å². The number of hydrogen-bond donors (Lipinski definition) is 3. The van der Waals surface area contributed by atoms with Gasteiger partial charge in [-0.3, -0.25) is 5.10 Å². The number of benzene rings is 1. The number of rotatable bonds is 3. The van der Waals surface area contributed by atoms with Gasteiger partial charge < -0.3 is 11.1 Å². The molecule has 4 rings (SSSR count). The van der Waals surface area contributed by atoms with Crippen molar-refractivity contribution in [3.63, 3.8) is 0 Å². The predicted molar refractivity (Wildman–Crippen MR) is 96.5 cm³/mol. The molecule has 7 heteroatoms. The lowest BCUT2D eigenvalue weighted by atomic mass is 9.87. The Labute approximate surface area is 145 Å². The van der Waals surface area contributed by atoms with Gasteiger partial charge in [0.25, 0.3) is 0 Å². The number of aromatic nitrogens is 4. The molecule has 2 aromatic heterocycles. The fourth-order valence-electron chi connectivity index (χ4n) is 3.40. The SMILES string of the molecule is N#CC1CCC(Nc2nc(N)nc3cc(-c4ccn[nH]4)ccc23)CC1. The number of nitrogen functional groups attached to an aromatic ring is 1. The van der Waals surface area contributed by atoms with Crippen LogP contribution in [0.15, 0.2) is 30.5 Å². The minimum absolute atomic E-state index is 0.183. The summed E-state index contributed by atoms with van der Waals surface area (Å²) >= 11 is 0. The van der Waals surface area contributed by atoms with Gasteiger partial charge in [0.2, 0.25) is 5.95 Å². The van der Waals surface area contributed by atoms with Gasteiger partial charge in [-0.2, -0.15) is 15.3 Å². The van der Waals surface area contributed by atoms with Crippen LogP contribution in [0, 0.1) is 17.2 Å². The first-order valence-electron chi connectivity index (χ1n) is 8.46. The standard InChI is InChI=1S/C18H19N7/c19-10-11-1-4-13(5-2-11)22-17-14-6-3-12(15-7-8-21-25-15)9-16(14)23-18(20)24-17/h3,6-9,11,13H,1-2,4-5H2,(H,21,25)(H3,20,22,23,24). The van der Waals surface area contributed by atoms with Crippen LogP contribution in [0.5, 0.6) is 0 Å². The summed E-state index contributed by atoms with van der Waals surface area (Å²) in [6.07, 6.45) is 5.51. The summed E-state index contributed by atoms with van der Waals surface area (Å²) in [5.74, 6) is 1.20.